The van der Waals surface area contributed by atoms with E-state index < -0.39 is 21.3 Å². The first-order chi connectivity index (χ1) is 6.91. The second kappa shape index (κ2) is 4.41. The standard InChI is InChI=1S/C9H12N2O3S/c1-7(8-5-3-2-4-6-8)11-9(12)15(10,13)14/h2-7H,1H3,(H,11,12)(H2,10,13,14). The van der Waals surface area contributed by atoms with Gasteiger partial charge < -0.3 is 5.32 Å². The quantitative estimate of drug-likeness (QED) is 0.782. The number of carbonyl (C=O) groups is 1. The second-order valence-corrected chi connectivity index (χ2v) is 4.57. The van der Waals surface area contributed by atoms with Crippen molar-refractivity contribution in [2.24, 2.45) is 5.14 Å². The number of sulfonamides is 1. The Labute approximate surface area is 88.3 Å². The molecule has 6 heteroatoms. The van der Waals surface area contributed by atoms with E-state index in [1.54, 1.807) is 31.2 Å². The van der Waals surface area contributed by atoms with E-state index in [0.29, 0.717) is 0 Å². The number of benzene rings is 1. The fraction of sp³-hybridized carbons (Fsp3) is 0.222. The van der Waals surface area contributed by atoms with Gasteiger partial charge in [-0.2, -0.15) is 0 Å². The van der Waals surface area contributed by atoms with Gasteiger partial charge in [0.05, 0.1) is 6.04 Å². The molecule has 0 radical (unpaired) electrons. The van der Waals surface area contributed by atoms with Crippen LogP contribution in [0.2, 0.25) is 0 Å². The minimum atomic E-state index is -4.16. The summed E-state index contributed by atoms with van der Waals surface area (Å²) in [7, 11) is -4.16. The van der Waals surface area contributed by atoms with Crippen molar-refractivity contribution in [2.75, 3.05) is 0 Å². The van der Waals surface area contributed by atoms with Crippen LogP contribution in [0.1, 0.15) is 18.5 Å². The third kappa shape index (κ3) is 3.34. The lowest BCUT2D eigenvalue weighted by Gasteiger charge is -2.12. The van der Waals surface area contributed by atoms with Crippen molar-refractivity contribution in [1.82, 2.24) is 5.32 Å². The summed E-state index contributed by atoms with van der Waals surface area (Å²) in [6.45, 7) is 1.68. The highest BCUT2D eigenvalue weighted by Gasteiger charge is 2.18. The topological polar surface area (TPSA) is 89.3 Å². The van der Waals surface area contributed by atoms with E-state index in [4.69, 9.17) is 0 Å². The van der Waals surface area contributed by atoms with Gasteiger partial charge in [0.15, 0.2) is 0 Å². The Bertz CT molecular complexity index is 442. The molecule has 0 saturated carbocycles. The van der Waals surface area contributed by atoms with Crippen molar-refractivity contribution < 1.29 is 13.2 Å². The number of nitrogens with two attached hydrogens (primary N) is 1. The van der Waals surface area contributed by atoms with Gasteiger partial charge in [0.2, 0.25) is 0 Å². The minimum absolute atomic E-state index is 0.392. The molecule has 1 aromatic rings. The number of hydrogen-bond donors (Lipinski definition) is 2. The summed E-state index contributed by atoms with van der Waals surface area (Å²) in [5, 5.41) is 5.78. The van der Waals surface area contributed by atoms with Crippen molar-refractivity contribution in [2.45, 2.75) is 13.0 Å². The zero-order valence-corrected chi connectivity index (χ0v) is 8.99. The minimum Gasteiger partial charge on any atom is -0.335 e. The van der Waals surface area contributed by atoms with Crippen LogP contribution in [-0.4, -0.2) is 13.7 Å². The van der Waals surface area contributed by atoms with E-state index in [-0.39, 0.29) is 0 Å². The summed E-state index contributed by atoms with van der Waals surface area (Å²) in [6, 6.07) is 8.61. The molecule has 0 aromatic heterocycles. The van der Waals surface area contributed by atoms with Crippen LogP contribution in [0.25, 0.3) is 0 Å². The van der Waals surface area contributed by atoms with E-state index >= 15 is 0 Å². The Hall–Kier alpha value is -1.40. The predicted molar refractivity (Wildman–Crippen MR) is 56.5 cm³/mol. The van der Waals surface area contributed by atoms with Crippen molar-refractivity contribution >= 4 is 15.3 Å². The maximum Gasteiger partial charge on any atom is 0.351 e. The molecule has 0 bridgehead atoms. The maximum atomic E-state index is 11.0. The number of amides is 1. The summed E-state index contributed by atoms with van der Waals surface area (Å²) >= 11 is 0. The monoisotopic (exact) mass is 228 g/mol. The summed E-state index contributed by atoms with van der Waals surface area (Å²) < 4.78 is 21.3. The van der Waals surface area contributed by atoms with E-state index in [2.05, 4.69) is 10.5 Å². The Balaban J connectivity index is 2.73. The van der Waals surface area contributed by atoms with Crippen LogP contribution < -0.4 is 10.5 Å². The van der Waals surface area contributed by atoms with Crippen LogP contribution in [0.5, 0.6) is 0 Å². The lowest BCUT2D eigenvalue weighted by Crippen LogP contribution is -2.35. The maximum absolute atomic E-state index is 11.0. The molecule has 82 valence electrons. The van der Waals surface area contributed by atoms with Gasteiger partial charge in [-0.25, -0.2) is 13.6 Å². The van der Waals surface area contributed by atoms with E-state index in [9.17, 15) is 13.2 Å². The van der Waals surface area contributed by atoms with Crippen LogP contribution in [-0.2, 0) is 10.0 Å². The van der Waals surface area contributed by atoms with Gasteiger partial charge >= 0.3 is 5.24 Å². The first-order valence-corrected chi connectivity index (χ1v) is 5.84. The largest absolute Gasteiger partial charge is 0.351 e. The number of nitrogens with one attached hydrogen (secondary N) is 1. The molecule has 1 atom stereocenters. The molecule has 1 rings (SSSR count). The summed E-state index contributed by atoms with van der Waals surface area (Å²) in [4.78, 5) is 11.0. The Kier molecular flexibility index (Phi) is 3.43. The highest BCUT2D eigenvalue weighted by molar-refractivity contribution is 8.04. The Morgan fingerprint density at radius 3 is 2.33 bits per heavy atom. The van der Waals surface area contributed by atoms with Crippen molar-refractivity contribution in [3.8, 4) is 0 Å². The van der Waals surface area contributed by atoms with Crippen LogP contribution in [0.3, 0.4) is 0 Å². The average molecular weight is 228 g/mol. The highest BCUT2D eigenvalue weighted by atomic mass is 32.2. The number of rotatable bonds is 2. The fourth-order valence-electron chi connectivity index (χ4n) is 1.08. The smallest absolute Gasteiger partial charge is 0.335 e. The molecular weight excluding hydrogens is 216 g/mol. The third-order valence-corrected chi connectivity index (χ3v) is 2.53. The van der Waals surface area contributed by atoms with Gasteiger partial charge in [-0.05, 0) is 12.5 Å². The highest BCUT2D eigenvalue weighted by Crippen LogP contribution is 2.11. The molecule has 1 aromatic carbocycles. The SMILES string of the molecule is CC(NC(=O)S(N)(=O)=O)c1ccccc1. The van der Waals surface area contributed by atoms with Gasteiger partial charge in [0.25, 0.3) is 10.0 Å². The Morgan fingerprint density at radius 2 is 1.87 bits per heavy atom. The van der Waals surface area contributed by atoms with E-state index in [0.717, 1.165) is 5.56 Å². The number of hydrogen-bond acceptors (Lipinski definition) is 3. The second-order valence-electron chi connectivity index (χ2n) is 3.11. The molecule has 0 saturated heterocycles. The number of carbonyl (C=O) groups excluding carboxylic acids is 1. The van der Waals surface area contributed by atoms with Gasteiger partial charge in [0.1, 0.15) is 0 Å². The molecule has 1 amide bonds. The summed E-state index contributed by atoms with van der Waals surface area (Å²) in [5.41, 5.74) is 0.814. The average Bonchev–Trinajstić information content (AvgIpc) is 2.17. The molecule has 3 N–H and O–H groups in total. The van der Waals surface area contributed by atoms with Crippen molar-refractivity contribution in [3.05, 3.63) is 35.9 Å². The van der Waals surface area contributed by atoms with Gasteiger partial charge in [-0.1, -0.05) is 30.3 Å². The fourth-order valence-corrected chi connectivity index (χ4v) is 1.43. The molecule has 0 fully saturated rings. The van der Waals surface area contributed by atoms with Gasteiger partial charge in [0, 0.05) is 0 Å². The predicted octanol–water partition coefficient (Wildman–Crippen LogP) is 0.746. The lowest BCUT2D eigenvalue weighted by molar-refractivity contribution is 0.256. The molecule has 0 aliphatic heterocycles. The molecule has 0 aliphatic rings. The first kappa shape index (κ1) is 11.7. The van der Waals surface area contributed by atoms with Crippen molar-refractivity contribution in [1.29, 1.82) is 0 Å². The first-order valence-electron chi connectivity index (χ1n) is 4.29. The number of primary sulfonamides is 1. The van der Waals surface area contributed by atoms with Crippen LogP contribution >= 0.6 is 0 Å². The van der Waals surface area contributed by atoms with E-state index in [1.807, 2.05) is 6.07 Å². The molecule has 0 heterocycles. The van der Waals surface area contributed by atoms with Crippen LogP contribution in [0.4, 0.5) is 4.79 Å². The molecule has 0 spiro atoms. The van der Waals surface area contributed by atoms with Crippen LogP contribution in [0.15, 0.2) is 30.3 Å². The third-order valence-electron chi connectivity index (χ3n) is 1.89. The summed E-state index contributed by atoms with van der Waals surface area (Å²) in [6.07, 6.45) is 0. The molecule has 1 unspecified atom stereocenters. The molecule has 0 aliphatic carbocycles. The van der Waals surface area contributed by atoms with Crippen molar-refractivity contribution in [3.63, 3.8) is 0 Å². The molecule has 15 heavy (non-hydrogen) atoms. The molecular formula is C9H12N2O3S. The zero-order chi connectivity index (χ0) is 11.5. The lowest BCUT2D eigenvalue weighted by atomic mass is 10.1. The zero-order valence-electron chi connectivity index (χ0n) is 8.17. The molecule has 5 nitrogen and oxygen atoms in total. The van der Waals surface area contributed by atoms with Crippen LogP contribution in [0, 0.1) is 0 Å². The van der Waals surface area contributed by atoms with Gasteiger partial charge in [-0.3, -0.25) is 4.79 Å². The van der Waals surface area contributed by atoms with Gasteiger partial charge in [-0.15, -0.1) is 0 Å². The van der Waals surface area contributed by atoms with E-state index in [1.165, 1.54) is 0 Å². The Morgan fingerprint density at radius 1 is 1.33 bits per heavy atom. The summed E-state index contributed by atoms with van der Waals surface area (Å²) in [5.74, 6) is 0. The normalized spacial score (nSPS) is 13.2.